The van der Waals surface area contributed by atoms with Gasteiger partial charge < -0.3 is 34.2 Å². The standard InChI is InChI=1S/C27H32N4O3.C26H29N3O5/c1-17-8-13-21-22(30(17)27(33)34-2)14-15-23-25(21)29-24(16-18-6-4-3-5-7-18)31(23)20-11-9-19(10-12-20)26(28)32;1-16-8-10-19-20(28(16)26(32)33-2)11-12-21-24(19)27-23(14-17-6-4-3-5-7-17)29(21)18-9-13-22(25(30)31)34-15-18/h3-7,14-15,17,19-20H,8-13,16H2,1-2H3,(H2,28,32);3-7,11-12,16,18,22H,8-10,13-15H2,1-2H3,(H,30,31)/t17-,19?,20?;16-,18+,22-/m00/s1. The molecule has 2 aromatic heterocycles. The number of carbonyl (C=O) groups is 4. The molecule has 0 radical (unpaired) electrons. The molecule has 0 unspecified atom stereocenters. The summed E-state index contributed by atoms with van der Waals surface area (Å²) in [6.45, 7) is 4.41. The summed E-state index contributed by atoms with van der Waals surface area (Å²) in [6, 6.07) is 29.1. The molecule has 0 spiro atoms. The molecule has 0 bridgehead atoms. The second-order valence-corrected chi connectivity index (χ2v) is 18.7. The summed E-state index contributed by atoms with van der Waals surface area (Å²) >= 11 is 0. The molecule has 10 rings (SSSR count). The predicted octanol–water partition coefficient (Wildman–Crippen LogP) is 9.09. The van der Waals surface area contributed by atoms with Crippen LogP contribution in [0.3, 0.4) is 0 Å². The maximum Gasteiger partial charge on any atom is 0.414 e. The lowest BCUT2D eigenvalue weighted by Gasteiger charge is -2.34. The Kier molecular flexibility index (Phi) is 13.5. The number of hydrogen-bond acceptors (Lipinski definition) is 9. The second kappa shape index (κ2) is 19.8. The smallest absolute Gasteiger partial charge is 0.414 e. The molecule has 3 aliphatic heterocycles. The highest BCUT2D eigenvalue weighted by Crippen LogP contribution is 2.42. The molecule has 15 heteroatoms. The summed E-state index contributed by atoms with van der Waals surface area (Å²) < 4.78 is 20.5. The van der Waals surface area contributed by atoms with E-state index in [-0.39, 0.29) is 48.2 Å². The van der Waals surface area contributed by atoms with Crippen molar-refractivity contribution in [2.75, 3.05) is 30.6 Å². The first-order chi connectivity index (χ1) is 32.9. The van der Waals surface area contributed by atoms with Gasteiger partial charge in [-0.05, 0) is 113 Å². The van der Waals surface area contributed by atoms with Gasteiger partial charge in [-0.1, -0.05) is 60.7 Å². The molecular weight excluding hydrogens is 863 g/mol. The van der Waals surface area contributed by atoms with E-state index in [9.17, 15) is 24.3 Å². The number of nitrogens with two attached hydrogens (primary N) is 1. The topological polar surface area (TPSA) is 184 Å². The zero-order valence-corrected chi connectivity index (χ0v) is 39.3. The van der Waals surface area contributed by atoms with Crippen LogP contribution in [0, 0.1) is 5.92 Å². The number of carbonyl (C=O) groups excluding carboxylic acids is 3. The minimum absolute atomic E-state index is 0.00316. The molecule has 356 valence electrons. The third-order valence-electron chi connectivity index (χ3n) is 14.6. The van der Waals surface area contributed by atoms with Crippen LogP contribution in [0.2, 0.25) is 0 Å². The Bertz CT molecular complexity index is 2620. The first-order valence-electron chi connectivity index (χ1n) is 24.0. The Morgan fingerprint density at radius 1 is 0.632 bits per heavy atom. The summed E-state index contributed by atoms with van der Waals surface area (Å²) in [6.07, 6.45) is 7.92. The van der Waals surface area contributed by atoms with Crippen molar-refractivity contribution in [3.05, 3.63) is 119 Å². The van der Waals surface area contributed by atoms with E-state index >= 15 is 0 Å². The fourth-order valence-electron chi connectivity index (χ4n) is 11.0. The number of carboxylic acid groups (broad SMARTS) is 1. The number of ether oxygens (including phenoxy) is 3. The van der Waals surface area contributed by atoms with Crippen LogP contribution in [0.5, 0.6) is 0 Å². The van der Waals surface area contributed by atoms with Crippen molar-refractivity contribution < 1.29 is 38.5 Å². The Labute approximate surface area is 396 Å². The van der Waals surface area contributed by atoms with Crippen molar-refractivity contribution in [2.45, 2.75) is 121 Å². The highest BCUT2D eigenvalue weighted by molar-refractivity contribution is 5.96. The Morgan fingerprint density at radius 3 is 1.50 bits per heavy atom. The third kappa shape index (κ3) is 9.03. The van der Waals surface area contributed by atoms with Gasteiger partial charge in [0.2, 0.25) is 5.91 Å². The van der Waals surface area contributed by atoms with Gasteiger partial charge in [-0.2, -0.15) is 0 Å². The van der Waals surface area contributed by atoms with E-state index in [0.29, 0.717) is 25.9 Å². The summed E-state index contributed by atoms with van der Waals surface area (Å²) in [7, 11) is 2.83. The number of rotatable bonds is 8. The number of anilines is 2. The molecule has 4 aromatic carbocycles. The lowest BCUT2D eigenvalue weighted by Crippen LogP contribution is -2.42. The molecule has 1 saturated heterocycles. The molecule has 1 aliphatic carbocycles. The first kappa shape index (κ1) is 46.4. The normalized spacial score (nSPS) is 22.4. The van der Waals surface area contributed by atoms with Gasteiger partial charge in [0.15, 0.2) is 6.10 Å². The van der Waals surface area contributed by atoms with Crippen molar-refractivity contribution >= 4 is 57.5 Å². The lowest BCUT2D eigenvalue weighted by molar-refractivity contribution is -0.154. The Hall–Kier alpha value is -6.74. The molecule has 3 N–H and O–H groups in total. The fraction of sp³-hybridized carbons (Fsp3) is 0.434. The molecule has 15 nitrogen and oxygen atoms in total. The van der Waals surface area contributed by atoms with Crippen molar-refractivity contribution in [3.8, 4) is 0 Å². The van der Waals surface area contributed by atoms with Crippen LogP contribution in [0.4, 0.5) is 21.0 Å². The first-order valence-corrected chi connectivity index (χ1v) is 24.0. The SMILES string of the molecule is COC(=O)N1c2ccc3c(nc(Cc4ccccc4)n3C3CCC(C(N)=O)CC3)c2CC[C@@H]1C.COC(=O)N1c2ccc3c(nc(Cc4ccccc4)n3[C@@H]3CC[C@@H](C(=O)O)OC3)c2CC[C@@H]1C. The highest BCUT2D eigenvalue weighted by Gasteiger charge is 2.36. The number of aromatic nitrogens is 4. The van der Waals surface area contributed by atoms with Gasteiger partial charge in [-0.25, -0.2) is 24.4 Å². The molecule has 5 heterocycles. The zero-order valence-electron chi connectivity index (χ0n) is 39.3. The number of primary amides is 1. The van der Waals surface area contributed by atoms with Gasteiger partial charge in [0.05, 0.1) is 60.3 Å². The number of hydrogen-bond donors (Lipinski definition) is 2. The van der Waals surface area contributed by atoms with Crippen LogP contribution < -0.4 is 15.5 Å². The van der Waals surface area contributed by atoms with E-state index in [1.165, 1.54) is 19.8 Å². The molecule has 68 heavy (non-hydrogen) atoms. The van der Waals surface area contributed by atoms with Crippen LogP contribution in [0.15, 0.2) is 84.9 Å². The summed E-state index contributed by atoms with van der Waals surface area (Å²) in [4.78, 5) is 62.0. The maximum absolute atomic E-state index is 12.6. The lowest BCUT2D eigenvalue weighted by atomic mass is 9.85. The molecule has 3 amide bonds. The molecule has 6 aromatic rings. The van der Waals surface area contributed by atoms with Gasteiger partial charge in [0.25, 0.3) is 0 Å². The zero-order chi connectivity index (χ0) is 47.6. The minimum atomic E-state index is -0.912. The van der Waals surface area contributed by atoms with Crippen LogP contribution in [0.1, 0.15) is 111 Å². The molecule has 1 saturated carbocycles. The average Bonchev–Trinajstić information content (AvgIpc) is 3.92. The number of methoxy groups -OCH3 is 2. The van der Waals surface area contributed by atoms with Crippen molar-refractivity contribution in [2.24, 2.45) is 11.7 Å². The van der Waals surface area contributed by atoms with Gasteiger partial charge in [-0.3, -0.25) is 14.6 Å². The maximum atomic E-state index is 12.6. The number of nitrogens with zero attached hydrogens (tertiary/aromatic N) is 6. The van der Waals surface area contributed by atoms with Crippen LogP contribution >= 0.6 is 0 Å². The van der Waals surface area contributed by atoms with Crippen molar-refractivity contribution in [1.82, 2.24) is 19.1 Å². The molecule has 4 atom stereocenters. The Balaban J connectivity index is 0.000000170. The second-order valence-electron chi connectivity index (χ2n) is 18.7. The number of aliphatic carboxylic acids is 1. The molecule has 4 aliphatic rings. The van der Waals surface area contributed by atoms with Crippen molar-refractivity contribution in [1.29, 1.82) is 0 Å². The highest BCUT2D eigenvalue weighted by atomic mass is 16.5. The number of imidazole rings is 2. The number of aryl methyl sites for hydroxylation is 2. The molecule has 2 fully saturated rings. The Morgan fingerprint density at radius 2 is 1.09 bits per heavy atom. The predicted molar refractivity (Wildman–Crippen MR) is 259 cm³/mol. The van der Waals surface area contributed by atoms with E-state index in [1.807, 2.05) is 49.4 Å². The number of fused-ring (bicyclic) bond motifs is 6. The summed E-state index contributed by atoms with van der Waals surface area (Å²) in [5, 5.41) is 9.33. The minimum Gasteiger partial charge on any atom is -0.479 e. The average molecular weight is 924 g/mol. The van der Waals surface area contributed by atoms with Crippen molar-refractivity contribution in [3.63, 3.8) is 0 Å². The van der Waals surface area contributed by atoms with Gasteiger partial charge in [-0.15, -0.1) is 0 Å². The van der Waals surface area contributed by atoms with E-state index < -0.39 is 12.1 Å². The van der Waals surface area contributed by atoms with Crippen LogP contribution in [-0.4, -0.2) is 87.3 Å². The third-order valence-corrected chi connectivity index (χ3v) is 14.6. The number of amides is 3. The summed E-state index contributed by atoms with van der Waals surface area (Å²) in [5.74, 6) is 0.807. The van der Waals surface area contributed by atoms with Crippen LogP contribution in [0.25, 0.3) is 22.1 Å². The van der Waals surface area contributed by atoms with E-state index in [1.54, 1.807) is 9.80 Å². The monoisotopic (exact) mass is 923 g/mol. The molecular formula is C53H61N7O8. The number of benzene rings is 4. The van der Waals surface area contributed by atoms with Crippen LogP contribution in [-0.2, 0) is 49.5 Å². The van der Waals surface area contributed by atoms with E-state index in [2.05, 4.69) is 58.5 Å². The van der Waals surface area contributed by atoms with Gasteiger partial charge in [0, 0.05) is 48.0 Å². The number of carboxylic acids is 1. The van der Waals surface area contributed by atoms with E-state index in [0.717, 1.165) is 120 Å². The van der Waals surface area contributed by atoms with E-state index in [4.69, 9.17) is 29.9 Å². The summed E-state index contributed by atoms with van der Waals surface area (Å²) in [5.41, 5.74) is 15.8. The largest absolute Gasteiger partial charge is 0.479 e. The van der Waals surface area contributed by atoms with Gasteiger partial charge >= 0.3 is 18.2 Å². The quantitative estimate of drug-likeness (QED) is 0.149. The van der Waals surface area contributed by atoms with Gasteiger partial charge in [0.1, 0.15) is 11.6 Å². The fourth-order valence-corrected chi connectivity index (χ4v) is 11.0.